The third-order valence-corrected chi connectivity index (χ3v) is 2.47. The van der Waals surface area contributed by atoms with Crippen LogP contribution in [0.15, 0.2) is 18.3 Å². The molecule has 0 aromatic carbocycles. The van der Waals surface area contributed by atoms with Crippen LogP contribution in [0.25, 0.3) is 0 Å². The quantitative estimate of drug-likeness (QED) is 0.561. The van der Waals surface area contributed by atoms with Crippen molar-refractivity contribution in [2.24, 2.45) is 0 Å². The van der Waals surface area contributed by atoms with Gasteiger partial charge < -0.3 is 4.90 Å². The number of pyridine rings is 1. The number of aromatic nitrogens is 1. The van der Waals surface area contributed by atoms with Crippen LogP contribution in [0.1, 0.15) is 6.42 Å². The van der Waals surface area contributed by atoms with E-state index in [0.717, 1.165) is 0 Å². The molecular weight excluding hydrogens is 203 g/mol. The summed E-state index contributed by atoms with van der Waals surface area (Å²) < 4.78 is 12.5. The average Bonchev–Trinajstić information content (AvgIpc) is 2.47. The summed E-state index contributed by atoms with van der Waals surface area (Å²) in [5, 5.41) is 0.0625. The Labute approximate surface area is 86.3 Å². The summed E-state index contributed by atoms with van der Waals surface area (Å²) in [7, 11) is 0. The second-order valence-corrected chi connectivity index (χ2v) is 3.93. The van der Waals surface area contributed by atoms with E-state index in [1.54, 1.807) is 11.0 Å². The minimum absolute atomic E-state index is 0.0124. The average molecular weight is 212 g/mol. The van der Waals surface area contributed by atoms with Gasteiger partial charge in [-0.1, -0.05) is 0 Å². The van der Waals surface area contributed by atoms with Crippen LogP contribution in [-0.2, 0) is 4.79 Å². The fourth-order valence-electron chi connectivity index (χ4n) is 1.47. The van der Waals surface area contributed by atoms with Gasteiger partial charge in [0.25, 0.3) is 0 Å². The molecular formula is C9H9FN2OS. The summed E-state index contributed by atoms with van der Waals surface area (Å²) in [5.74, 6) is -0.527. The lowest BCUT2D eigenvalue weighted by molar-refractivity contribution is -0.117. The third-order valence-electron chi connectivity index (χ3n) is 2.13. The number of hydrogen-bond donors (Lipinski definition) is 1. The standard InChI is InChI=1S/C9H9FN2OS/c10-8-2-1-6(4-11-8)12-5-7(14)3-9(12)13/h1-2,4,7,14H,3,5H2. The smallest absolute Gasteiger partial charge is 0.228 e. The van der Waals surface area contributed by atoms with E-state index >= 15 is 0 Å². The van der Waals surface area contributed by atoms with Gasteiger partial charge >= 0.3 is 0 Å². The predicted octanol–water partition coefficient (Wildman–Crippen LogP) is 1.26. The normalized spacial score (nSPS) is 21.7. The van der Waals surface area contributed by atoms with Crippen LogP contribution < -0.4 is 4.90 Å². The van der Waals surface area contributed by atoms with Crippen molar-refractivity contribution in [2.75, 3.05) is 11.4 Å². The second-order valence-electron chi connectivity index (χ2n) is 3.20. The molecule has 1 unspecified atom stereocenters. The van der Waals surface area contributed by atoms with Crippen molar-refractivity contribution < 1.29 is 9.18 Å². The van der Waals surface area contributed by atoms with Crippen molar-refractivity contribution in [1.29, 1.82) is 0 Å². The Kier molecular flexibility index (Phi) is 2.41. The lowest BCUT2D eigenvalue weighted by Crippen LogP contribution is -2.24. The first-order valence-corrected chi connectivity index (χ1v) is 4.78. The first kappa shape index (κ1) is 9.45. The summed E-state index contributed by atoms with van der Waals surface area (Å²) in [6.07, 6.45) is 1.79. The van der Waals surface area contributed by atoms with Crippen molar-refractivity contribution in [2.45, 2.75) is 11.7 Å². The Bertz CT molecular complexity index is 354. The first-order valence-electron chi connectivity index (χ1n) is 4.27. The highest BCUT2D eigenvalue weighted by Crippen LogP contribution is 2.22. The maximum atomic E-state index is 12.5. The molecule has 1 aromatic rings. The highest BCUT2D eigenvalue weighted by Gasteiger charge is 2.28. The summed E-state index contributed by atoms with van der Waals surface area (Å²) in [4.78, 5) is 16.5. The Balaban J connectivity index is 2.23. The topological polar surface area (TPSA) is 33.2 Å². The molecule has 1 aliphatic heterocycles. The van der Waals surface area contributed by atoms with Crippen LogP contribution in [0, 0.1) is 5.95 Å². The molecule has 2 heterocycles. The number of hydrogen-bond acceptors (Lipinski definition) is 3. The minimum atomic E-state index is -0.539. The molecule has 0 spiro atoms. The third kappa shape index (κ3) is 1.72. The van der Waals surface area contributed by atoms with Crippen molar-refractivity contribution in [3.05, 3.63) is 24.3 Å². The van der Waals surface area contributed by atoms with Gasteiger partial charge in [0.1, 0.15) is 0 Å². The first-order chi connectivity index (χ1) is 6.66. The SMILES string of the molecule is O=C1CC(S)CN1c1ccc(F)nc1. The molecule has 5 heteroatoms. The molecule has 74 valence electrons. The van der Waals surface area contributed by atoms with E-state index in [9.17, 15) is 9.18 Å². The van der Waals surface area contributed by atoms with Crippen LogP contribution in [0.4, 0.5) is 10.1 Å². The molecule has 0 saturated carbocycles. The number of halogens is 1. The Hall–Kier alpha value is -1.10. The summed E-state index contributed by atoms with van der Waals surface area (Å²) in [6.45, 7) is 0.565. The van der Waals surface area contributed by atoms with Crippen LogP contribution in [-0.4, -0.2) is 22.7 Å². The maximum absolute atomic E-state index is 12.5. The van der Waals surface area contributed by atoms with Crippen LogP contribution in [0.3, 0.4) is 0 Å². The zero-order valence-corrected chi connectivity index (χ0v) is 8.25. The molecule has 0 bridgehead atoms. The Morgan fingerprint density at radius 1 is 1.57 bits per heavy atom. The summed E-state index contributed by atoms with van der Waals surface area (Å²) in [5.41, 5.74) is 0.632. The number of anilines is 1. The molecule has 0 N–H and O–H groups in total. The van der Waals surface area contributed by atoms with Crippen LogP contribution in [0.5, 0.6) is 0 Å². The van der Waals surface area contributed by atoms with Gasteiger partial charge in [0, 0.05) is 18.2 Å². The number of carbonyl (C=O) groups excluding carboxylic acids is 1. The van der Waals surface area contributed by atoms with E-state index in [1.807, 2.05) is 0 Å². The number of thiol groups is 1. The van der Waals surface area contributed by atoms with E-state index in [4.69, 9.17) is 0 Å². The van der Waals surface area contributed by atoms with Crippen LogP contribution >= 0.6 is 12.6 Å². The number of amides is 1. The highest BCUT2D eigenvalue weighted by atomic mass is 32.1. The molecule has 1 atom stereocenters. The Morgan fingerprint density at radius 2 is 2.36 bits per heavy atom. The van der Waals surface area contributed by atoms with Gasteiger partial charge in [-0.15, -0.1) is 0 Å². The van der Waals surface area contributed by atoms with Crippen molar-refractivity contribution in [3.8, 4) is 0 Å². The molecule has 0 aliphatic carbocycles. The molecule has 1 saturated heterocycles. The molecule has 1 aliphatic rings. The zero-order valence-electron chi connectivity index (χ0n) is 7.35. The number of rotatable bonds is 1. The fraction of sp³-hybridized carbons (Fsp3) is 0.333. The van der Waals surface area contributed by atoms with Gasteiger partial charge in [-0.3, -0.25) is 4.79 Å². The number of carbonyl (C=O) groups is 1. The van der Waals surface area contributed by atoms with E-state index < -0.39 is 5.95 Å². The largest absolute Gasteiger partial charge is 0.310 e. The fourth-order valence-corrected chi connectivity index (χ4v) is 1.79. The van der Waals surface area contributed by atoms with E-state index in [2.05, 4.69) is 17.6 Å². The van der Waals surface area contributed by atoms with Crippen LogP contribution in [0.2, 0.25) is 0 Å². The van der Waals surface area contributed by atoms with Gasteiger partial charge in [-0.2, -0.15) is 17.0 Å². The van der Waals surface area contributed by atoms with Crippen molar-refractivity contribution in [3.63, 3.8) is 0 Å². The summed E-state index contributed by atoms with van der Waals surface area (Å²) in [6, 6.07) is 2.79. The highest BCUT2D eigenvalue weighted by molar-refractivity contribution is 7.81. The monoisotopic (exact) mass is 212 g/mol. The van der Waals surface area contributed by atoms with Crippen molar-refractivity contribution >= 4 is 24.2 Å². The zero-order chi connectivity index (χ0) is 10.1. The second kappa shape index (κ2) is 3.57. The number of nitrogens with zero attached hydrogens (tertiary/aromatic N) is 2. The molecule has 0 radical (unpaired) electrons. The van der Waals surface area contributed by atoms with Gasteiger partial charge in [0.2, 0.25) is 11.9 Å². The van der Waals surface area contributed by atoms with E-state index in [-0.39, 0.29) is 11.2 Å². The van der Waals surface area contributed by atoms with Gasteiger partial charge in [0.15, 0.2) is 0 Å². The van der Waals surface area contributed by atoms with E-state index in [1.165, 1.54) is 12.3 Å². The maximum Gasteiger partial charge on any atom is 0.228 e. The Morgan fingerprint density at radius 3 is 2.86 bits per heavy atom. The van der Waals surface area contributed by atoms with E-state index in [0.29, 0.717) is 18.7 Å². The van der Waals surface area contributed by atoms with Gasteiger partial charge in [0.05, 0.1) is 11.9 Å². The molecule has 1 fully saturated rings. The molecule has 14 heavy (non-hydrogen) atoms. The minimum Gasteiger partial charge on any atom is -0.310 e. The van der Waals surface area contributed by atoms with Gasteiger partial charge in [-0.05, 0) is 12.1 Å². The van der Waals surface area contributed by atoms with Crippen molar-refractivity contribution in [1.82, 2.24) is 4.98 Å². The lowest BCUT2D eigenvalue weighted by atomic mass is 10.4. The molecule has 1 aromatic heterocycles. The predicted molar refractivity (Wildman–Crippen MR) is 53.9 cm³/mol. The summed E-state index contributed by atoms with van der Waals surface area (Å²) >= 11 is 4.22. The molecule has 1 amide bonds. The molecule has 3 nitrogen and oxygen atoms in total. The van der Waals surface area contributed by atoms with Gasteiger partial charge in [-0.25, -0.2) is 4.98 Å². The molecule has 2 rings (SSSR count). The lowest BCUT2D eigenvalue weighted by Gasteiger charge is -2.14.